The van der Waals surface area contributed by atoms with Gasteiger partial charge < -0.3 is 10.1 Å². The van der Waals surface area contributed by atoms with Crippen LogP contribution in [0, 0.1) is 22.5 Å². The third-order valence-corrected chi connectivity index (χ3v) is 5.83. The van der Waals surface area contributed by atoms with E-state index in [1.54, 1.807) is 7.11 Å². The van der Waals surface area contributed by atoms with Gasteiger partial charge in [-0.15, -0.1) is 12.4 Å². The van der Waals surface area contributed by atoms with Crippen LogP contribution < -0.4 is 10.0 Å². The van der Waals surface area contributed by atoms with Crippen molar-refractivity contribution in [3.8, 4) is 0 Å². The fraction of sp³-hybridized carbons (Fsp3) is 0.600. The van der Waals surface area contributed by atoms with Crippen LogP contribution in [0.1, 0.15) is 18.4 Å². The van der Waals surface area contributed by atoms with E-state index in [0.29, 0.717) is 12.2 Å². The number of nitrogens with one attached hydrogen (secondary N) is 2. The van der Waals surface area contributed by atoms with E-state index in [9.17, 15) is 18.5 Å². The van der Waals surface area contributed by atoms with Crippen LogP contribution in [0.3, 0.4) is 0 Å². The van der Waals surface area contributed by atoms with Gasteiger partial charge in [-0.2, -0.15) is 0 Å². The van der Waals surface area contributed by atoms with Crippen molar-refractivity contribution in [3.05, 3.63) is 33.9 Å². The number of sulfonamides is 1. The number of nitro groups is 1. The maximum Gasteiger partial charge on any atom is 0.272 e. The number of hydrogen-bond acceptors (Lipinski definition) is 6. The van der Waals surface area contributed by atoms with Crippen molar-refractivity contribution in [2.45, 2.75) is 24.7 Å². The van der Waals surface area contributed by atoms with Gasteiger partial charge in [0, 0.05) is 30.7 Å². The summed E-state index contributed by atoms with van der Waals surface area (Å²) in [6.07, 6.45) is 1.64. The minimum Gasteiger partial charge on any atom is -0.384 e. The summed E-state index contributed by atoms with van der Waals surface area (Å²) in [6.45, 7) is 3.93. The van der Waals surface area contributed by atoms with Gasteiger partial charge in [0.1, 0.15) is 0 Å². The number of benzene rings is 1. The van der Waals surface area contributed by atoms with Crippen LogP contribution in [0.25, 0.3) is 0 Å². The molecule has 0 amide bonds. The molecule has 1 fully saturated rings. The summed E-state index contributed by atoms with van der Waals surface area (Å²) < 4.78 is 33.0. The van der Waals surface area contributed by atoms with Crippen LogP contribution in [-0.4, -0.2) is 46.7 Å². The Morgan fingerprint density at radius 3 is 2.52 bits per heavy atom. The van der Waals surface area contributed by atoms with Crippen LogP contribution >= 0.6 is 12.4 Å². The number of halogens is 1. The highest BCUT2D eigenvalue weighted by Crippen LogP contribution is 2.29. The van der Waals surface area contributed by atoms with Crippen molar-refractivity contribution in [1.82, 2.24) is 10.0 Å². The van der Waals surface area contributed by atoms with Crippen molar-refractivity contribution in [2.75, 3.05) is 33.4 Å². The second-order valence-electron chi connectivity index (χ2n) is 6.21. The largest absolute Gasteiger partial charge is 0.384 e. The van der Waals surface area contributed by atoms with E-state index in [4.69, 9.17) is 4.74 Å². The smallest absolute Gasteiger partial charge is 0.272 e. The number of aryl methyl sites for hydroxylation is 1. The number of nitro benzene ring substituents is 1. The minimum atomic E-state index is -3.73. The molecule has 1 aromatic carbocycles. The summed E-state index contributed by atoms with van der Waals surface area (Å²) in [5.41, 5.74) is -0.0115. The summed E-state index contributed by atoms with van der Waals surface area (Å²) in [4.78, 5) is 10.4. The maximum atomic E-state index is 12.5. The zero-order valence-corrected chi connectivity index (χ0v) is 15.9. The van der Waals surface area contributed by atoms with E-state index in [2.05, 4.69) is 10.0 Å². The molecule has 0 saturated carbocycles. The van der Waals surface area contributed by atoms with Crippen molar-refractivity contribution in [2.24, 2.45) is 5.41 Å². The molecule has 0 bridgehead atoms. The van der Waals surface area contributed by atoms with E-state index < -0.39 is 14.9 Å². The molecule has 1 saturated heterocycles. The molecule has 142 valence electrons. The molecular weight excluding hydrogens is 370 g/mol. The first kappa shape index (κ1) is 21.8. The molecule has 1 heterocycles. The van der Waals surface area contributed by atoms with Gasteiger partial charge >= 0.3 is 0 Å². The predicted octanol–water partition coefficient (Wildman–Crippen LogP) is 1.62. The Hall–Kier alpha value is -1.26. The fourth-order valence-electron chi connectivity index (χ4n) is 2.97. The fourth-order valence-corrected chi connectivity index (χ4v) is 4.21. The molecule has 0 unspecified atom stereocenters. The highest BCUT2D eigenvalue weighted by Gasteiger charge is 2.33. The molecule has 0 aromatic heterocycles. The first-order valence-electron chi connectivity index (χ1n) is 7.74. The molecule has 10 heteroatoms. The molecular formula is C15H24ClN3O5S. The van der Waals surface area contributed by atoms with E-state index >= 15 is 0 Å². The Morgan fingerprint density at radius 1 is 1.36 bits per heavy atom. The standard InChI is InChI=1S/C15H23N3O5S.ClH/c1-12-9-13(3-4-14(12)18(19)20)24(21,22)17-10-15(11-23-2)5-7-16-8-6-15;/h3-4,9,16-17H,5-8,10-11H2,1-2H3;1H. The zero-order valence-electron chi connectivity index (χ0n) is 14.3. The molecule has 1 aliphatic rings. The number of nitrogens with zero attached hydrogens (tertiary/aromatic N) is 1. The lowest BCUT2D eigenvalue weighted by Gasteiger charge is -2.37. The Morgan fingerprint density at radius 2 is 2.00 bits per heavy atom. The molecule has 0 radical (unpaired) electrons. The summed E-state index contributed by atoms with van der Waals surface area (Å²) in [7, 11) is -2.12. The zero-order chi connectivity index (χ0) is 17.8. The highest BCUT2D eigenvalue weighted by molar-refractivity contribution is 7.89. The minimum absolute atomic E-state index is 0. The molecule has 2 N–H and O–H groups in total. The summed E-state index contributed by atoms with van der Waals surface area (Å²) in [5, 5.41) is 14.1. The normalized spacial score (nSPS) is 16.9. The third kappa shape index (κ3) is 5.35. The lowest BCUT2D eigenvalue weighted by molar-refractivity contribution is -0.385. The van der Waals surface area contributed by atoms with Crippen molar-refractivity contribution < 1.29 is 18.1 Å². The van der Waals surface area contributed by atoms with Gasteiger partial charge in [-0.25, -0.2) is 13.1 Å². The van der Waals surface area contributed by atoms with Gasteiger partial charge in [0.2, 0.25) is 10.0 Å². The quantitative estimate of drug-likeness (QED) is 0.538. The van der Waals surface area contributed by atoms with Gasteiger partial charge in [-0.1, -0.05) is 0 Å². The second-order valence-corrected chi connectivity index (χ2v) is 7.98. The average Bonchev–Trinajstić information content (AvgIpc) is 2.54. The van der Waals surface area contributed by atoms with Crippen LogP contribution in [-0.2, 0) is 14.8 Å². The van der Waals surface area contributed by atoms with Crippen LogP contribution in [0.15, 0.2) is 23.1 Å². The molecule has 0 atom stereocenters. The molecule has 2 rings (SSSR count). The number of ether oxygens (including phenoxy) is 1. The SMILES string of the molecule is COCC1(CNS(=O)(=O)c2ccc([N+](=O)[O-])c(C)c2)CCNCC1.Cl. The first-order chi connectivity index (χ1) is 11.3. The van der Waals surface area contributed by atoms with Crippen LogP contribution in [0.5, 0.6) is 0 Å². The third-order valence-electron chi connectivity index (χ3n) is 4.43. The van der Waals surface area contributed by atoms with Gasteiger partial charge in [0.25, 0.3) is 5.69 Å². The average molecular weight is 394 g/mol. The summed E-state index contributed by atoms with van der Waals surface area (Å²) in [6, 6.07) is 3.81. The van der Waals surface area contributed by atoms with Crippen LogP contribution in [0.4, 0.5) is 5.69 Å². The van der Waals surface area contributed by atoms with Gasteiger partial charge in [0.15, 0.2) is 0 Å². The maximum absolute atomic E-state index is 12.5. The van der Waals surface area contributed by atoms with Crippen molar-refractivity contribution in [1.29, 1.82) is 0 Å². The highest BCUT2D eigenvalue weighted by atomic mass is 35.5. The number of hydrogen-bond donors (Lipinski definition) is 2. The molecule has 0 aliphatic carbocycles. The lowest BCUT2D eigenvalue weighted by Crippen LogP contribution is -2.47. The van der Waals surface area contributed by atoms with Crippen molar-refractivity contribution in [3.63, 3.8) is 0 Å². The molecule has 1 aliphatic heterocycles. The second kappa shape index (κ2) is 8.91. The lowest BCUT2D eigenvalue weighted by atomic mass is 9.80. The Bertz CT molecular complexity index is 700. The Balaban J connectivity index is 0.00000312. The van der Waals surface area contributed by atoms with Crippen LogP contribution in [0.2, 0.25) is 0 Å². The molecule has 0 spiro atoms. The Kier molecular flexibility index (Phi) is 7.76. The first-order valence-corrected chi connectivity index (χ1v) is 9.22. The Labute approximate surface area is 153 Å². The number of methoxy groups -OCH3 is 1. The van der Waals surface area contributed by atoms with E-state index in [1.165, 1.54) is 25.1 Å². The summed E-state index contributed by atoms with van der Waals surface area (Å²) >= 11 is 0. The number of rotatable bonds is 7. The van der Waals surface area contributed by atoms with E-state index in [1.807, 2.05) is 0 Å². The predicted molar refractivity (Wildman–Crippen MR) is 96.7 cm³/mol. The molecule has 25 heavy (non-hydrogen) atoms. The molecule has 1 aromatic rings. The summed E-state index contributed by atoms with van der Waals surface area (Å²) in [5.74, 6) is 0. The molecule has 8 nitrogen and oxygen atoms in total. The van der Waals surface area contributed by atoms with E-state index in [-0.39, 0.29) is 34.9 Å². The van der Waals surface area contributed by atoms with Gasteiger partial charge in [-0.3, -0.25) is 10.1 Å². The van der Waals surface area contributed by atoms with E-state index in [0.717, 1.165) is 25.9 Å². The van der Waals surface area contributed by atoms with Gasteiger partial charge in [-0.05, 0) is 45.0 Å². The topological polar surface area (TPSA) is 111 Å². The van der Waals surface area contributed by atoms with Gasteiger partial charge in [0.05, 0.1) is 16.4 Å². The number of piperidine rings is 1. The monoisotopic (exact) mass is 393 g/mol. The van der Waals surface area contributed by atoms with Crippen molar-refractivity contribution >= 4 is 28.1 Å².